The molecule has 1 aromatic rings. The molecule has 25 heavy (non-hydrogen) atoms. The first-order chi connectivity index (χ1) is 12.0. The molecule has 3 rings (SSSR count). The van der Waals surface area contributed by atoms with Crippen LogP contribution < -0.4 is 5.32 Å². The summed E-state index contributed by atoms with van der Waals surface area (Å²) in [7, 11) is 0. The van der Waals surface area contributed by atoms with Crippen LogP contribution in [-0.4, -0.2) is 61.7 Å². The number of amides is 1. The minimum absolute atomic E-state index is 0.000123. The maximum Gasteiger partial charge on any atom is 0.222 e. The van der Waals surface area contributed by atoms with Crippen LogP contribution in [0.15, 0.2) is 30.3 Å². The number of hydrogen-bond donors (Lipinski definition) is 1. The van der Waals surface area contributed by atoms with Gasteiger partial charge in [-0.3, -0.25) is 9.69 Å². The van der Waals surface area contributed by atoms with E-state index in [0.717, 1.165) is 19.6 Å². The molecule has 6 heteroatoms. The van der Waals surface area contributed by atoms with E-state index in [1.54, 1.807) is 0 Å². The van der Waals surface area contributed by atoms with E-state index in [4.69, 9.17) is 14.2 Å². The zero-order chi connectivity index (χ0) is 17.7. The summed E-state index contributed by atoms with van der Waals surface area (Å²) in [6, 6.07) is 10.4. The lowest BCUT2D eigenvalue weighted by molar-refractivity contribution is -0.140. The number of carbonyl (C=O) groups is 1. The molecule has 2 aliphatic heterocycles. The van der Waals surface area contributed by atoms with E-state index in [2.05, 4.69) is 34.5 Å². The van der Waals surface area contributed by atoms with Gasteiger partial charge in [-0.15, -0.1) is 0 Å². The van der Waals surface area contributed by atoms with Crippen LogP contribution >= 0.6 is 0 Å². The lowest BCUT2D eigenvalue weighted by Gasteiger charge is -2.32. The van der Waals surface area contributed by atoms with Gasteiger partial charge >= 0.3 is 0 Å². The van der Waals surface area contributed by atoms with Crippen molar-refractivity contribution >= 4 is 5.91 Å². The first-order valence-electron chi connectivity index (χ1n) is 8.96. The van der Waals surface area contributed by atoms with Crippen molar-refractivity contribution in [3.8, 4) is 0 Å². The molecule has 0 radical (unpaired) electrons. The molecule has 2 aliphatic rings. The fourth-order valence-electron chi connectivity index (χ4n) is 3.26. The highest BCUT2D eigenvalue weighted by molar-refractivity contribution is 5.76. The highest BCUT2D eigenvalue weighted by Gasteiger charge is 2.32. The molecule has 2 heterocycles. The third-order valence-corrected chi connectivity index (χ3v) is 4.48. The first kappa shape index (κ1) is 18.3. The molecule has 0 bridgehead atoms. The topological polar surface area (TPSA) is 60.0 Å². The molecule has 2 saturated heterocycles. The van der Waals surface area contributed by atoms with Crippen LogP contribution in [0.5, 0.6) is 0 Å². The number of rotatable bonds is 6. The molecular formula is C19H28N2O4. The maximum atomic E-state index is 12.2. The Hall–Kier alpha value is -1.47. The van der Waals surface area contributed by atoms with Gasteiger partial charge in [-0.25, -0.2) is 0 Å². The number of ether oxygens (including phenoxy) is 3. The molecule has 6 nitrogen and oxygen atoms in total. The zero-order valence-electron chi connectivity index (χ0n) is 15.1. The largest absolute Gasteiger partial charge is 0.375 e. The second-order valence-electron chi connectivity index (χ2n) is 7.17. The van der Waals surface area contributed by atoms with Crippen molar-refractivity contribution in [1.29, 1.82) is 0 Å². The standard InChI is InChI=1S/C19H28N2O4/c1-19(2)24-14-17(25-19)11-20-18(22)10-16-13-21(8-9-23-16)12-15-6-4-3-5-7-15/h3-7,16-17H,8-14H2,1-2H3,(H,20,22)/t16-,17-/m0/s1. The van der Waals surface area contributed by atoms with Crippen molar-refractivity contribution in [3.05, 3.63) is 35.9 Å². The average molecular weight is 348 g/mol. The lowest BCUT2D eigenvalue weighted by atomic mass is 10.1. The molecule has 0 aromatic heterocycles. The molecule has 1 amide bonds. The van der Waals surface area contributed by atoms with Crippen molar-refractivity contribution in [2.75, 3.05) is 32.8 Å². The van der Waals surface area contributed by atoms with E-state index in [9.17, 15) is 4.79 Å². The van der Waals surface area contributed by atoms with Crippen LogP contribution in [0.25, 0.3) is 0 Å². The Bertz CT molecular complexity index is 564. The molecule has 0 aliphatic carbocycles. The van der Waals surface area contributed by atoms with Crippen LogP contribution in [0.1, 0.15) is 25.8 Å². The lowest BCUT2D eigenvalue weighted by Crippen LogP contribution is -2.44. The van der Waals surface area contributed by atoms with E-state index in [1.807, 2.05) is 19.9 Å². The van der Waals surface area contributed by atoms with Gasteiger partial charge in [-0.1, -0.05) is 30.3 Å². The molecule has 0 saturated carbocycles. The van der Waals surface area contributed by atoms with Gasteiger partial charge in [0.05, 0.1) is 25.7 Å². The molecule has 138 valence electrons. The van der Waals surface area contributed by atoms with Crippen LogP contribution in [-0.2, 0) is 25.5 Å². The Labute approximate surface area is 149 Å². The smallest absolute Gasteiger partial charge is 0.222 e. The number of benzene rings is 1. The third-order valence-electron chi connectivity index (χ3n) is 4.48. The Balaban J connectivity index is 1.39. The number of morpholine rings is 1. The van der Waals surface area contributed by atoms with Gasteiger partial charge < -0.3 is 19.5 Å². The Kier molecular flexibility index (Phi) is 6.06. The molecule has 2 fully saturated rings. The maximum absolute atomic E-state index is 12.2. The van der Waals surface area contributed by atoms with Crippen molar-refractivity contribution in [2.45, 2.75) is 44.8 Å². The second-order valence-corrected chi connectivity index (χ2v) is 7.17. The second kappa shape index (κ2) is 8.27. The van der Waals surface area contributed by atoms with E-state index in [0.29, 0.717) is 26.2 Å². The van der Waals surface area contributed by atoms with Crippen molar-refractivity contribution < 1.29 is 19.0 Å². The highest BCUT2D eigenvalue weighted by atomic mass is 16.7. The van der Waals surface area contributed by atoms with E-state index >= 15 is 0 Å². The SMILES string of the molecule is CC1(C)OC[C@H](CNC(=O)C[C@H]2CN(Cc3ccccc3)CCO2)O1. The molecule has 1 N–H and O–H groups in total. The molecule has 1 aromatic carbocycles. The number of nitrogens with one attached hydrogen (secondary N) is 1. The normalized spacial score (nSPS) is 26.5. The molecular weight excluding hydrogens is 320 g/mol. The van der Waals surface area contributed by atoms with Gasteiger partial charge in [0.25, 0.3) is 0 Å². The van der Waals surface area contributed by atoms with Gasteiger partial charge in [0.2, 0.25) is 5.91 Å². The number of nitrogens with zero attached hydrogens (tertiary/aromatic N) is 1. The van der Waals surface area contributed by atoms with E-state index < -0.39 is 5.79 Å². The fraction of sp³-hybridized carbons (Fsp3) is 0.632. The summed E-state index contributed by atoms with van der Waals surface area (Å²) in [5, 5.41) is 2.93. The van der Waals surface area contributed by atoms with Gasteiger partial charge in [0, 0.05) is 26.2 Å². The predicted molar refractivity (Wildman–Crippen MR) is 94.0 cm³/mol. The quantitative estimate of drug-likeness (QED) is 0.845. The fourth-order valence-corrected chi connectivity index (χ4v) is 3.26. The minimum Gasteiger partial charge on any atom is -0.375 e. The number of hydrogen-bond acceptors (Lipinski definition) is 5. The highest BCUT2D eigenvalue weighted by Crippen LogP contribution is 2.21. The summed E-state index contributed by atoms with van der Waals surface area (Å²) < 4.78 is 17.0. The molecule has 0 unspecified atom stereocenters. The molecule has 2 atom stereocenters. The summed E-state index contributed by atoms with van der Waals surface area (Å²) in [5.74, 6) is -0.556. The minimum atomic E-state index is -0.556. The molecule has 0 spiro atoms. The summed E-state index contributed by atoms with van der Waals surface area (Å²) in [5.41, 5.74) is 1.29. The summed E-state index contributed by atoms with van der Waals surface area (Å²) in [6.45, 7) is 7.98. The zero-order valence-corrected chi connectivity index (χ0v) is 15.1. The van der Waals surface area contributed by atoms with Gasteiger partial charge in [0.15, 0.2) is 5.79 Å². The predicted octanol–water partition coefficient (Wildman–Crippen LogP) is 1.55. The van der Waals surface area contributed by atoms with Crippen LogP contribution in [0.3, 0.4) is 0 Å². The third kappa shape index (κ3) is 5.78. The number of carbonyl (C=O) groups excluding carboxylic acids is 1. The van der Waals surface area contributed by atoms with E-state index in [-0.39, 0.29) is 18.1 Å². The van der Waals surface area contributed by atoms with Crippen molar-refractivity contribution in [1.82, 2.24) is 10.2 Å². The summed E-state index contributed by atoms with van der Waals surface area (Å²) in [4.78, 5) is 14.5. The van der Waals surface area contributed by atoms with Gasteiger partial charge in [0.1, 0.15) is 6.10 Å². The Morgan fingerprint density at radius 3 is 2.80 bits per heavy atom. The average Bonchev–Trinajstić information content (AvgIpc) is 2.93. The van der Waals surface area contributed by atoms with Gasteiger partial charge in [-0.2, -0.15) is 0 Å². The van der Waals surface area contributed by atoms with Crippen LogP contribution in [0.4, 0.5) is 0 Å². The van der Waals surface area contributed by atoms with Crippen molar-refractivity contribution in [2.24, 2.45) is 0 Å². The first-order valence-corrected chi connectivity index (χ1v) is 8.96. The Morgan fingerprint density at radius 1 is 1.28 bits per heavy atom. The summed E-state index contributed by atoms with van der Waals surface area (Å²) in [6.07, 6.45) is 0.234. The van der Waals surface area contributed by atoms with Crippen LogP contribution in [0.2, 0.25) is 0 Å². The van der Waals surface area contributed by atoms with Gasteiger partial charge in [-0.05, 0) is 19.4 Å². The van der Waals surface area contributed by atoms with E-state index in [1.165, 1.54) is 5.56 Å². The monoisotopic (exact) mass is 348 g/mol. The Morgan fingerprint density at radius 2 is 2.08 bits per heavy atom. The van der Waals surface area contributed by atoms with Crippen molar-refractivity contribution in [3.63, 3.8) is 0 Å². The summed E-state index contributed by atoms with van der Waals surface area (Å²) >= 11 is 0. The van der Waals surface area contributed by atoms with Crippen LogP contribution in [0, 0.1) is 0 Å².